The summed E-state index contributed by atoms with van der Waals surface area (Å²) in [6, 6.07) is 6.08. The average Bonchev–Trinajstić information content (AvgIpc) is 3.10. The Morgan fingerprint density at radius 1 is 1.24 bits per heavy atom. The first-order chi connectivity index (χ1) is 11.7. The molecule has 0 saturated heterocycles. The summed E-state index contributed by atoms with van der Waals surface area (Å²) in [6.45, 7) is 4.56. The fraction of sp³-hybridized carbons (Fsp3) is 0.684. The van der Waals surface area contributed by atoms with Crippen LogP contribution in [0.25, 0.3) is 0 Å². The van der Waals surface area contributed by atoms with Crippen LogP contribution >= 0.6 is 24.0 Å². The van der Waals surface area contributed by atoms with Crippen molar-refractivity contribution in [3.63, 3.8) is 0 Å². The Hall–Kier alpha value is -1.05. The van der Waals surface area contributed by atoms with Crippen molar-refractivity contribution in [2.45, 2.75) is 52.0 Å². The van der Waals surface area contributed by atoms with Gasteiger partial charge in [-0.2, -0.15) is 0 Å². The van der Waals surface area contributed by atoms with E-state index in [1.807, 2.05) is 37.2 Å². The van der Waals surface area contributed by atoms with Crippen molar-refractivity contribution < 1.29 is 0 Å². The number of aromatic nitrogens is 1. The molecule has 25 heavy (non-hydrogen) atoms. The molecule has 5 nitrogen and oxygen atoms in total. The number of rotatable bonds is 8. The van der Waals surface area contributed by atoms with Gasteiger partial charge in [0.25, 0.3) is 0 Å². The lowest BCUT2D eigenvalue weighted by Gasteiger charge is -2.14. The quantitative estimate of drug-likeness (QED) is 0.269. The molecule has 0 aromatic carbocycles. The van der Waals surface area contributed by atoms with Crippen LogP contribution in [0.5, 0.6) is 0 Å². The zero-order chi connectivity index (χ0) is 17.2. The average molecular weight is 459 g/mol. The van der Waals surface area contributed by atoms with Crippen LogP contribution in [0.15, 0.2) is 23.2 Å². The summed E-state index contributed by atoms with van der Waals surface area (Å²) in [6.07, 6.45) is 8.30. The normalized spacial score (nSPS) is 14.9. The molecule has 1 fully saturated rings. The Labute approximate surface area is 170 Å². The van der Waals surface area contributed by atoms with E-state index in [2.05, 4.69) is 27.5 Å². The summed E-state index contributed by atoms with van der Waals surface area (Å²) in [5.74, 6) is 2.82. The number of hydrogen-bond donors (Lipinski definition) is 2. The maximum absolute atomic E-state index is 4.67. The van der Waals surface area contributed by atoms with Crippen LogP contribution in [0.1, 0.15) is 51.1 Å². The fourth-order valence-corrected chi connectivity index (χ4v) is 3.20. The van der Waals surface area contributed by atoms with Gasteiger partial charge in [-0.25, -0.2) is 9.98 Å². The highest BCUT2D eigenvalue weighted by Crippen LogP contribution is 2.28. The third kappa shape index (κ3) is 8.25. The number of guanidine groups is 1. The van der Waals surface area contributed by atoms with Crippen LogP contribution < -0.4 is 15.5 Å². The Morgan fingerprint density at radius 2 is 2.00 bits per heavy atom. The van der Waals surface area contributed by atoms with Crippen LogP contribution in [0.2, 0.25) is 0 Å². The smallest absolute Gasteiger partial charge is 0.191 e. The first kappa shape index (κ1) is 22.0. The number of hydrogen-bond acceptors (Lipinski definition) is 3. The highest BCUT2D eigenvalue weighted by Gasteiger charge is 2.13. The lowest BCUT2D eigenvalue weighted by Crippen LogP contribution is -2.37. The number of aliphatic imine (C=N–C) groups is 1. The van der Waals surface area contributed by atoms with Crippen molar-refractivity contribution in [3.05, 3.63) is 23.9 Å². The van der Waals surface area contributed by atoms with Crippen molar-refractivity contribution in [2.24, 2.45) is 10.9 Å². The van der Waals surface area contributed by atoms with E-state index < -0.39 is 0 Å². The Balaban J connectivity index is 0.00000312. The number of pyridine rings is 1. The second-order valence-electron chi connectivity index (χ2n) is 6.80. The maximum atomic E-state index is 4.67. The van der Waals surface area contributed by atoms with Crippen molar-refractivity contribution in [3.8, 4) is 0 Å². The first-order valence-corrected chi connectivity index (χ1v) is 9.34. The van der Waals surface area contributed by atoms with E-state index in [1.54, 1.807) is 0 Å². The van der Waals surface area contributed by atoms with E-state index in [0.717, 1.165) is 36.5 Å². The van der Waals surface area contributed by atoms with Crippen LogP contribution in [-0.2, 0) is 6.54 Å². The Kier molecular flexibility index (Phi) is 10.8. The molecule has 2 N–H and O–H groups in total. The summed E-state index contributed by atoms with van der Waals surface area (Å²) in [5, 5.41) is 6.77. The van der Waals surface area contributed by atoms with E-state index >= 15 is 0 Å². The van der Waals surface area contributed by atoms with Gasteiger partial charge in [-0.05, 0) is 37.8 Å². The van der Waals surface area contributed by atoms with Crippen LogP contribution in [0, 0.1) is 5.92 Å². The van der Waals surface area contributed by atoms with Gasteiger partial charge in [0.15, 0.2) is 5.96 Å². The van der Waals surface area contributed by atoms with Gasteiger partial charge < -0.3 is 15.5 Å². The molecule has 0 spiro atoms. The second-order valence-corrected chi connectivity index (χ2v) is 6.80. The van der Waals surface area contributed by atoms with Crippen molar-refractivity contribution in [2.75, 3.05) is 32.1 Å². The molecule has 1 heterocycles. The van der Waals surface area contributed by atoms with Crippen LogP contribution in [-0.4, -0.2) is 38.1 Å². The minimum atomic E-state index is 0. The molecule has 0 atom stereocenters. The largest absolute Gasteiger partial charge is 0.363 e. The lowest BCUT2D eigenvalue weighted by molar-refractivity contribution is 0.481. The predicted octanol–water partition coefficient (Wildman–Crippen LogP) is 3.79. The van der Waals surface area contributed by atoms with Gasteiger partial charge in [-0.15, -0.1) is 24.0 Å². The van der Waals surface area contributed by atoms with Gasteiger partial charge in [0, 0.05) is 27.2 Å². The molecule has 1 aliphatic carbocycles. The third-order valence-corrected chi connectivity index (χ3v) is 4.55. The van der Waals surface area contributed by atoms with Crippen molar-refractivity contribution >= 4 is 35.8 Å². The Bertz CT molecular complexity index is 512. The van der Waals surface area contributed by atoms with Crippen LogP contribution in [0.4, 0.5) is 5.82 Å². The van der Waals surface area contributed by atoms with Gasteiger partial charge >= 0.3 is 0 Å². The summed E-state index contributed by atoms with van der Waals surface area (Å²) >= 11 is 0. The molecule has 0 aliphatic heterocycles. The summed E-state index contributed by atoms with van der Waals surface area (Å²) in [4.78, 5) is 11.3. The number of nitrogens with one attached hydrogen (secondary N) is 2. The van der Waals surface area contributed by atoms with E-state index in [9.17, 15) is 0 Å². The van der Waals surface area contributed by atoms with Gasteiger partial charge in [0.1, 0.15) is 5.82 Å². The molecule has 0 radical (unpaired) electrons. The predicted molar refractivity (Wildman–Crippen MR) is 118 cm³/mol. The zero-order valence-electron chi connectivity index (χ0n) is 15.9. The SMILES string of the molecule is CCNC(=NCc1cccc(N(C)C)n1)NCCCC1CCCC1.I. The summed E-state index contributed by atoms with van der Waals surface area (Å²) < 4.78 is 0. The molecule has 0 bridgehead atoms. The fourth-order valence-electron chi connectivity index (χ4n) is 3.20. The lowest BCUT2D eigenvalue weighted by atomic mass is 10.0. The molecule has 0 unspecified atom stereocenters. The maximum Gasteiger partial charge on any atom is 0.191 e. The van der Waals surface area contributed by atoms with Crippen molar-refractivity contribution in [1.82, 2.24) is 15.6 Å². The standard InChI is InChI=1S/C19H33N5.HI/c1-4-20-19(21-14-8-11-16-9-5-6-10-16)22-15-17-12-7-13-18(23-17)24(2)3;/h7,12-13,16H,4-6,8-11,14-15H2,1-3H3,(H2,20,21,22);1H. The van der Waals surface area contributed by atoms with Crippen molar-refractivity contribution in [1.29, 1.82) is 0 Å². The van der Waals surface area contributed by atoms with Gasteiger partial charge in [0.05, 0.1) is 12.2 Å². The molecule has 1 saturated carbocycles. The molecule has 6 heteroatoms. The molecule has 1 aromatic heterocycles. The highest BCUT2D eigenvalue weighted by molar-refractivity contribution is 14.0. The monoisotopic (exact) mass is 459 g/mol. The molecule has 142 valence electrons. The topological polar surface area (TPSA) is 52.6 Å². The summed E-state index contributed by atoms with van der Waals surface area (Å²) in [5.41, 5.74) is 0.990. The number of halogens is 1. The third-order valence-electron chi connectivity index (χ3n) is 4.55. The second kappa shape index (κ2) is 12.3. The molecule has 1 aromatic rings. The molecular weight excluding hydrogens is 425 g/mol. The number of anilines is 1. The minimum absolute atomic E-state index is 0. The highest BCUT2D eigenvalue weighted by atomic mass is 127. The number of nitrogens with zero attached hydrogens (tertiary/aromatic N) is 3. The van der Waals surface area contributed by atoms with Gasteiger partial charge in [0.2, 0.25) is 0 Å². The summed E-state index contributed by atoms with van der Waals surface area (Å²) in [7, 11) is 4.01. The van der Waals surface area contributed by atoms with Crippen LogP contribution in [0.3, 0.4) is 0 Å². The molecule has 2 rings (SSSR count). The molecule has 1 aliphatic rings. The van der Waals surface area contributed by atoms with E-state index in [0.29, 0.717) is 6.54 Å². The van der Waals surface area contributed by atoms with E-state index in [-0.39, 0.29) is 24.0 Å². The van der Waals surface area contributed by atoms with E-state index in [1.165, 1.54) is 38.5 Å². The Morgan fingerprint density at radius 3 is 2.68 bits per heavy atom. The molecule has 0 amide bonds. The first-order valence-electron chi connectivity index (χ1n) is 9.34. The van der Waals surface area contributed by atoms with E-state index in [4.69, 9.17) is 0 Å². The van der Waals surface area contributed by atoms with Gasteiger partial charge in [-0.1, -0.05) is 31.7 Å². The molecular formula is C19H34IN5. The zero-order valence-corrected chi connectivity index (χ0v) is 18.3. The minimum Gasteiger partial charge on any atom is -0.363 e. The van der Waals surface area contributed by atoms with Gasteiger partial charge in [-0.3, -0.25) is 0 Å².